The third-order valence-electron chi connectivity index (χ3n) is 4.54. The van der Waals surface area contributed by atoms with E-state index in [1.54, 1.807) is 0 Å². The lowest BCUT2D eigenvalue weighted by Gasteiger charge is -2.27. The van der Waals surface area contributed by atoms with Crippen LogP contribution in [-0.4, -0.2) is 40.0 Å². The molecule has 7 nitrogen and oxygen atoms in total. The number of aromatic nitrogens is 2. The SMILES string of the molecule is CC(C)(C)CN(Cc1cc(-c2cccnc2F)n(S(=O)(=O)c2cccc(F)c2)c1)C(=O)O. The van der Waals surface area contributed by atoms with Gasteiger partial charge in [0.15, 0.2) is 0 Å². The van der Waals surface area contributed by atoms with Gasteiger partial charge < -0.3 is 10.0 Å². The lowest BCUT2D eigenvalue weighted by atomic mass is 9.96. The lowest BCUT2D eigenvalue weighted by Crippen LogP contribution is -2.36. The van der Waals surface area contributed by atoms with Gasteiger partial charge in [-0.3, -0.25) is 0 Å². The average Bonchev–Trinajstić information content (AvgIpc) is 3.11. The Morgan fingerprint density at radius 1 is 1.16 bits per heavy atom. The summed E-state index contributed by atoms with van der Waals surface area (Å²) in [5, 5.41) is 9.59. The molecule has 0 saturated heterocycles. The van der Waals surface area contributed by atoms with Gasteiger partial charge in [0, 0.05) is 18.9 Å². The summed E-state index contributed by atoms with van der Waals surface area (Å²) in [6.07, 6.45) is 1.28. The monoisotopic (exact) mass is 463 g/mol. The predicted octanol–water partition coefficient (Wildman–Crippen LogP) is 4.59. The van der Waals surface area contributed by atoms with Gasteiger partial charge in [0.1, 0.15) is 5.82 Å². The summed E-state index contributed by atoms with van der Waals surface area (Å²) >= 11 is 0. The van der Waals surface area contributed by atoms with Gasteiger partial charge in [0.05, 0.1) is 22.7 Å². The third kappa shape index (κ3) is 5.13. The molecular weight excluding hydrogens is 440 g/mol. The van der Waals surface area contributed by atoms with Crippen molar-refractivity contribution in [3.05, 3.63) is 72.2 Å². The first kappa shape index (κ1) is 23.4. The topological polar surface area (TPSA) is 92.5 Å². The van der Waals surface area contributed by atoms with Crippen LogP contribution in [0.1, 0.15) is 26.3 Å². The van der Waals surface area contributed by atoms with E-state index in [9.17, 15) is 27.1 Å². The van der Waals surface area contributed by atoms with Gasteiger partial charge in [0.2, 0.25) is 5.95 Å². The highest BCUT2D eigenvalue weighted by Gasteiger charge is 2.26. The highest BCUT2D eigenvalue weighted by molar-refractivity contribution is 7.90. The van der Waals surface area contributed by atoms with E-state index in [0.717, 1.165) is 21.0 Å². The molecule has 0 spiro atoms. The van der Waals surface area contributed by atoms with Crippen LogP contribution >= 0.6 is 0 Å². The van der Waals surface area contributed by atoms with Crippen LogP contribution in [0.2, 0.25) is 0 Å². The fraction of sp³-hybridized carbons (Fsp3) is 0.273. The Balaban J connectivity index is 2.15. The summed E-state index contributed by atoms with van der Waals surface area (Å²) < 4.78 is 55.5. The van der Waals surface area contributed by atoms with E-state index < -0.39 is 27.9 Å². The average molecular weight is 464 g/mol. The first-order valence-corrected chi connectivity index (χ1v) is 11.1. The zero-order valence-electron chi connectivity index (χ0n) is 17.8. The molecule has 0 fully saturated rings. The number of hydrogen-bond donors (Lipinski definition) is 1. The van der Waals surface area contributed by atoms with E-state index in [1.165, 1.54) is 42.7 Å². The molecular formula is C22H23F2N3O4S. The Bertz CT molecular complexity index is 1250. The number of carboxylic acid groups (broad SMARTS) is 1. The Morgan fingerprint density at radius 3 is 2.47 bits per heavy atom. The van der Waals surface area contributed by atoms with Crippen molar-refractivity contribution < 1.29 is 27.1 Å². The van der Waals surface area contributed by atoms with Crippen molar-refractivity contribution >= 4 is 16.1 Å². The van der Waals surface area contributed by atoms with Gasteiger partial charge in [0.25, 0.3) is 10.0 Å². The molecule has 10 heteroatoms. The van der Waals surface area contributed by atoms with E-state index in [0.29, 0.717) is 5.56 Å². The summed E-state index contributed by atoms with van der Waals surface area (Å²) in [5.41, 5.74) is -0.144. The standard InChI is InChI=1S/C22H23F2N3O4S/c1-22(2,3)14-26(21(28)29)12-15-10-19(18-8-5-9-25-20(18)24)27(13-15)32(30,31)17-7-4-6-16(23)11-17/h4-11,13H,12,14H2,1-3H3,(H,28,29). The normalized spacial score (nSPS) is 12.0. The molecule has 32 heavy (non-hydrogen) atoms. The van der Waals surface area contributed by atoms with Crippen LogP contribution in [0.25, 0.3) is 11.3 Å². The molecule has 0 radical (unpaired) electrons. The molecule has 1 amide bonds. The zero-order chi connectivity index (χ0) is 23.7. The minimum absolute atomic E-state index is 0.0454. The van der Waals surface area contributed by atoms with Crippen molar-refractivity contribution in [2.45, 2.75) is 32.2 Å². The Hall–Kier alpha value is -3.27. The van der Waals surface area contributed by atoms with Crippen molar-refractivity contribution in [3.8, 4) is 11.3 Å². The van der Waals surface area contributed by atoms with Crippen LogP contribution < -0.4 is 0 Å². The van der Waals surface area contributed by atoms with Crippen LogP contribution in [0, 0.1) is 17.2 Å². The number of rotatable bonds is 6. The van der Waals surface area contributed by atoms with Crippen LogP contribution in [0.4, 0.5) is 13.6 Å². The molecule has 170 valence electrons. The fourth-order valence-corrected chi connectivity index (χ4v) is 4.70. The molecule has 0 unspecified atom stereocenters. The van der Waals surface area contributed by atoms with Crippen LogP contribution in [0.5, 0.6) is 0 Å². The summed E-state index contributed by atoms with van der Waals surface area (Å²) in [6.45, 7) is 5.70. The second kappa shape index (κ2) is 8.70. The Kier molecular flexibility index (Phi) is 6.36. The van der Waals surface area contributed by atoms with Gasteiger partial charge in [-0.25, -0.2) is 26.6 Å². The molecule has 0 aliphatic heterocycles. The molecule has 1 N–H and O–H groups in total. The lowest BCUT2D eigenvalue weighted by molar-refractivity contribution is 0.123. The molecule has 3 rings (SSSR count). The third-order valence-corrected chi connectivity index (χ3v) is 6.21. The number of hydrogen-bond acceptors (Lipinski definition) is 4. The van der Waals surface area contributed by atoms with Crippen molar-refractivity contribution in [3.63, 3.8) is 0 Å². The number of halogens is 2. The van der Waals surface area contributed by atoms with Crippen molar-refractivity contribution in [2.75, 3.05) is 6.54 Å². The first-order valence-electron chi connectivity index (χ1n) is 9.70. The van der Waals surface area contributed by atoms with Gasteiger partial charge in [-0.2, -0.15) is 4.39 Å². The van der Waals surface area contributed by atoms with E-state index in [-0.39, 0.29) is 34.7 Å². The smallest absolute Gasteiger partial charge is 0.407 e. The highest BCUT2D eigenvalue weighted by Crippen LogP contribution is 2.29. The molecule has 3 aromatic rings. The number of amides is 1. The maximum Gasteiger partial charge on any atom is 0.407 e. The molecule has 2 heterocycles. The van der Waals surface area contributed by atoms with Crippen LogP contribution in [-0.2, 0) is 16.6 Å². The molecule has 0 atom stereocenters. The van der Waals surface area contributed by atoms with E-state index >= 15 is 0 Å². The molecule has 1 aromatic carbocycles. The summed E-state index contributed by atoms with van der Waals surface area (Å²) in [6, 6.07) is 8.67. The number of carbonyl (C=O) groups is 1. The van der Waals surface area contributed by atoms with Crippen LogP contribution in [0.3, 0.4) is 0 Å². The van der Waals surface area contributed by atoms with Gasteiger partial charge in [-0.05, 0) is 47.4 Å². The van der Waals surface area contributed by atoms with E-state index in [2.05, 4.69) is 4.98 Å². The second-order valence-corrected chi connectivity index (χ2v) is 10.3. The van der Waals surface area contributed by atoms with Crippen molar-refractivity contribution in [2.24, 2.45) is 5.41 Å². The van der Waals surface area contributed by atoms with Gasteiger partial charge in [-0.1, -0.05) is 26.8 Å². The number of benzene rings is 1. The predicted molar refractivity (Wildman–Crippen MR) is 114 cm³/mol. The molecule has 0 bridgehead atoms. The molecule has 0 saturated carbocycles. The molecule has 2 aromatic heterocycles. The number of nitrogens with zero attached hydrogens (tertiary/aromatic N) is 3. The van der Waals surface area contributed by atoms with Gasteiger partial charge in [-0.15, -0.1) is 0 Å². The first-order chi connectivity index (χ1) is 14.9. The maximum atomic E-state index is 14.4. The Labute approximate surface area is 185 Å². The van der Waals surface area contributed by atoms with Crippen molar-refractivity contribution in [1.29, 1.82) is 0 Å². The van der Waals surface area contributed by atoms with E-state index in [4.69, 9.17) is 0 Å². The largest absolute Gasteiger partial charge is 0.465 e. The minimum atomic E-state index is -4.31. The molecule has 0 aliphatic carbocycles. The summed E-state index contributed by atoms with van der Waals surface area (Å²) in [5.74, 6) is -1.63. The van der Waals surface area contributed by atoms with E-state index in [1.807, 2.05) is 20.8 Å². The summed E-state index contributed by atoms with van der Waals surface area (Å²) in [4.78, 5) is 16.1. The fourth-order valence-electron chi connectivity index (χ4n) is 3.28. The maximum absolute atomic E-state index is 14.4. The Morgan fingerprint density at radius 2 is 1.88 bits per heavy atom. The molecule has 0 aliphatic rings. The van der Waals surface area contributed by atoms with Crippen molar-refractivity contribution in [1.82, 2.24) is 13.9 Å². The van der Waals surface area contributed by atoms with Crippen LogP contribution in [0.15, 0.2) is 59.8 Å². The van der Waals surface area contributed by atoms with Gasteiger partial charge >= 0.3 is 6.09 Å². The quantitative estimate of drug-likeness (QED) is 0.540. The summed E-state index contributed by atoms with van der Waals surface area (Å²) in [7, 11) is -4.31. The zero-order valence-corrected chi connectivity index (χ0v) is 18.6. The highest BCUT2D eigenvalue weighted by atomic mass is 32.2. The number of pyridine rings is 1. The minimum Gasteiger partial charge on any atom is -0.465 e. The second-order valence-electron chi connectivity index (χ2n) is 8.53.